The van der Waals surface area contributed by atoms with Crippen molar-refractivity contribution in [3.05, 3.63) is 0 Å². The number of carbonyl (C=O) groups is 2. The summed E-state index contributed by atoms with van der Waals surface area (Å²) in [7, 11) is 0. The minimum Gasteiger partial charge on any atom is -0.481 e. The SMILES string of the molecule is O=C(O)CC(F)(F)CC(=O)OC1CC2CCC1C2. The molecule has 102 valence electrons. The Bertz CT molecular complexity index is 356. The Hall–Kier alpha value is -1.20. The molecule has 0 aromatic heterocycles. The lowest BCUT2D eigenvalue weighted by molar-refractivity contribution is -0.162. The topological polar surface area (TPSA) is 63.6 Å². The van der Waals surface area contributed by atoms with E-state index in [0.29, 0.717) is 11.8 Å². The number of alkyl halides is 2. The number of fused-ring (bicyclic) bond motifs is 2. The lowest BCUT2D eigenvalue weighted by atomic mass is 9.98. The van der Waals surface area contributed by atoms with Crippen molar-refractivity contribution in [2.24, 2.45) is 11.8 Å². The predicted octanol–water partition coefficient (Wildman–Crippen LogP) is 2.22. The minimum absolute atomic E-state index is 0.239. The Kier molecular flexibility index (Phi) is 3.54. The van der Waals surface area contributed by atoms with Gasteiger partial charge in [-0.2, -0.15) is 0 Å². The number of hydrogen-bond donors (Lipinski definition) is 1. The van der Waals surface area contributed by atoms with Crippen LogP contribution in [0.2, 0.25) is 0 Å². The summed E-state index contributed by atoms with van der Waals surface area (Å²) in [5.74, 6) is -5.26. The maximum Gasteiger partial charge on any atom is 0.312 e. The van der Waals surface area contributed by atoms with Crippen LogP contribution in [0, 0.1) is 11.8 Å². The summed E-state index contributed by atoms with van der Waals surface area (Å²) in [5, 5.41) is 8.30. The molecular weight excluding hydrogens is 246 g/mol. The van der Waals surface area contributed by atoms with Gasteiger partial charge in [-0.3, -0.25) is 9.59 Å². The molecule has 6 heteroatoms. The third-order valence-electron chi connectivity index (χ3n) is 3.77. The van der Waals surface area contributed by atoms with Crippen molar-refractivity contribution in [1.82, 2.24) is 0 Å². The van der Waals surface area contributed by atoms with Crippen molar-refractivity contribution in [3.63, 3.8) is 0 Å². The van der Waals surface area contributed by atoms with Crippen LogP contribution >= 0.6 is 0 Å². The first-order valence-electron chi connectivity index (χ1n) is 6.15. The fourth-order valence-electron chi connectivity index (χ4n) is 3.04. The molecule has 1 N–H and O–H groups in total. The number of carbonyl (C=O) groups excluding carboxylic acids is 1. The van der Waals surface area contributed by atoms with Crippen LogP contribution in [0.5, 0.6) is 0 Å². The van der Waals surface area contributed by atoms with E-state index in [9.17, 15) is 18.4 Å². The van der Waals surface area contributed by atoms with E-state index < -0.39 is 30.7 Å². The first-order chi connectivity index (χ1) is 8.35. The van der Waals surface area contributed by atoms with Gasteiger partial charge in [0, 0.05) is 0 Å². The number of esters is 1. The van der Waals surface area contributed by atoms with E-state index >= 15 is 0 Å². The van der Waals surface area contributed by atoms with Gasteiger partial charge in [-0.1, -0.05) is 0 Å². The van der Waals surface area contributed by atoms with E-state index in [2.05, 4.69) is 0 Å². The van der Waals surface area contributed by atoms with Crippen molar-refractivity contribution < 1.29 is 28.2 Å². The maximum absolute atomic E-state index is 13.1. The molecule has 3 unspecified atom stereocenters. The monoisotopic (exact) mass is 262 g/mol. The van der Waals surface area contributed by atoms with Crippen LogP contribution in [0.25, 0.3) is 0 Å². The zero-order valence-corrected chi connectivity index (χ0v) is 9.90. The highest BCUT2D eigenvalue weighted by molar-refractivity contribution is 5.73. The van der Waals surface area contributed by atoms with Crippen LogP contribution in [-0.4, -0.2) is 29.1 Å². The van der Waals surface area contributed by atoms with Gasteiger partial charge in [0.25, 0.3) is 5.92 Å². The third kappa shape index (κ3) is 3.17. The zero-order valence-electron chi connectivity index (χ0n) is 9.90. The third-order valence-corrected chi connectivity index (χ3v) is 3.77. The van der Waals surface area contributed by atoms with Crippen LogP contribution in [0.15, 0.2) is 0 Å². The predicted molar refractivity (Wildman–Crippen MR) is 57.1 cm³/mol. The van der Waals surface area contributed by atoms with E-state index in [1.54, 1.807) is 0 Å². The maximum atomic E-state index is 13.1. The Labute approximate surface area is 103 Å². The van der Waals surface area contributed by atoms with Gasteiger partial charge in [-0.25, -0.2) is 8.78 Å². The molecule has 2 saturated carbocycles. The molecule has 0 aliphatic heterocycles. The summed E-state index contributed by atoms with van der Waals surface area (Å²) in [6.07, 6.45) is 1.19. The van der Waals surface area contributed by atoms with Gasteiger partial charge in [0.15, 0.2) is 0 Å². The molecule has 0 heterocycles. The Morgan fingerprint density at radius 2 is 1.94 bits per heavy atom. The normalized spacial score (nSPS) is 30.4. The molecule has 2 bridgehead atoms. The fourth-order valence-corrected chi connectivity index (χ4v) is 3.04. The Morgan fingerprint density at radius 1 is 1.22 bits per heavy atom. The summed E-state index contributed by atoms with van der Waals surface area (Å²) in [4.78, 5) is 21.6. The molecule has 2 rings (SSSR count). The molecule has 2 fully saturated rings. The molecule has 2 aliphatic carbocycles. The summed E-state index contributed by atoms with van der Waals surface area (Å²) in [6, 6.07) is 0. The second-order valence-electron chi connectivity index (χ2n) is 5.31. The fraction of sp³-hybridized carbons (Fsp3) is 0.833. The van der Waals surface area contributed by atoms with Crippen molar-refractivity contribution >= 4 is 11.9 Å². The van der Waals surface area contributed by atoms with Gasteiger partial charge in [-0.05, 0) is 37.5 Å². The Morgan fingerprint density at radius 3 is 2.44 bits per heavy atom. The number of aliphatic carboxylic acids is 1. The number of hydrogen-bond acceptors (Lipinski definition) is 3. The molecular formula is C12H16F2O4. The van der Waals surface area contributed by atoms with Gasteiger partial charge < -0.3 is 9.84 Å². The molecule has 3 atom stereocenters. The lowest BCUT2D eigenvalue weighted by Crippen LogP contribution is -2.30. The average Bonchev–Trinajstić information content (AvgIpc) is 2.74. The second-order valence-corrected chi connectivity index (χ2v) is 5.31. The summed E-state index contributed by atoms with van der Waals surface area (Å²) in [5.41, 5.74) is 0. The Balaban J connectivity index is 1.80. The number of rotatable bonds is 5. The molecule has 2 aliphatic rings. The minimum atomic E-state index is -3.53. The number of ether oxygens (including phenoxy) is 1. The molecule has 18 heavy (non-hydrogen) atoms. The van der Waals surface area contributed by atoms with E-state index in [0.717, 1.165) is 25.7 Å². The van der Waals surface area contributed by atoms with E-state index in [1.165, 1.54) is 0 Å². The number of carboxylic acids is 1. The highest BCUT2D eigenvalue weighted by Gasteiger charge is 2.43. The van der Waals surface area contributed by atoms with Gasteiger partial charge in [0.05, 0.1) is 0 Å². The van der Waals surface area contributed by atoms with Gasteiger partial charge in [0.1, 0.15) is 18.9 Å². The van der Waals surface area contributed by atoms with Crippen molar-refractivity contribution in [1.29, 1.82) is 0 Å². The second kappa shape index (κ2) is 4.82. The molecule has 0 amide bonds. The van der Waals surface area contributed by atoms with Gasteiger partial charge in [0.2, 0.25) is 0 Å². The quantitative estimate of drug-likeness (QED) is 0.771. The van der Waals surface area contributed by atoms with Crippen LogP contribution in [0.3, 0.4) is 0 Å². The van der Waals surface area contributed by atoms with Crippen molar-refractivity contribution in [3.8, 4) is 0 Å². The number of halogens is 2. The summed E-state index contributed by atoms with van der Waals surface area (Å²) in [6.45, 7) is 0. The zero-order chi connectivity index (χ0) is 13.3. The first-order valence-corrected chi connectivity index (χ1v) is 6.15. The van der Waals surface area contributed by atoms with E-state index in [4.69, 9.17) is 9.84 Å². The largest absolute Gasteiger partial charge is 0.481 e. The van der Waals surface area contributed by atoms with E-state index in [-0.39, 0.29) is 6.10 Å². The lowest BCUT2D eigenvalue weighted by Gasteiger charge is -2.23. The van der Waals surface area contributed by atoms with Crippen molar-refractivity contribution in [2.75, 3.05) is 0 Å². The van der Waals surface area contributed by atoms with Crippen LogP contribution < -0.4 is 0 Å². The molecule has 4 nitrogen and oxygen atoms in total. The molecule has 0 radical (unpaired) electrons. The summed E-state index contributed by atoms with van der Waals surface area (Å²) >= 11 is 0. The van der Waals surface area contributed by atoms with Crippen LogP contribution in [0.1, 0.15) is 38.5 Å². The molecule has 0 saturated heterocycles. The number of carboxylic acid groups (broad SMARTS) is 1. The van der Waals surface area contributed by atoms with Crippen LogP contribution in [0.4, 0.5) is 8.78 Å². The molecule has 0 aromatic rings. The summed E-state index contributed by atoms with van der Waals surface area (Å²) < 4.78 is 31.3. The average molecular weight is 262 g/mol. The molecule has 0 spiro atoms. The van der Waals surface area contributed by atoms with Gasteiger partial charge in [-0.15, -0.1) is 0 Å². The van der Waals surface area contributed by atoms with Crippen molar-refractivity contribution in [2.45, 2.75) is 50.6 Å². The van der Waals surface area contributed by atoms with Gasteiger partial charge >= 0.3 is 11.9 Å². The standard InChI is InChI=1S/C12H16F2O4/c13-12(14,5-10(15)16)6-11(17)18-9-4-7-1-2-8(9)3-7/h7-9H,1-6H2,(H,15,16). The smallest absolute Gasteiger partial charge is 0.312 e. The van der Waals surface area contributed by atoms with E-state index in [1.807, 2.05) is 0 Å². The highest BCUT2D eigenvalue weighted by Crippen LogP contribution is 2.46. The highest BCUT2D eigenvalue weighted by atomic mass is 19.3. The molecule has 0 aromatic carbocycles. The van der Waals surface area contributed by atoms with Crippen LogP contribution in [-0.2, 0) is 14.3 Å². The first kappa shape index (κ1) is 13.2.